The molecule has 0 amide bonds. The van der Waals surface area contributed by atoms with Crippen molar-refractivity contribution in [2.24, 2.45) is 0 Å². The lowest BCUT2D eigenvalue weighted by molar-refractivity contribution is -0.169. The topological polar surface area (TPSA) is 72.5 Å². The van der Waals surface area contributed by atoms with Crippen molar-refractivity contribution < 1.29 is 33.2 Å². The van der Waals surface area contributed by atoms with E-state index in [1.165, 1.54) is 0 Å². The molecule has 0 N–H and O–H groups in total. The molecule has 1 rings (SSSR count). The second-order valence-corrected chi connectivity index (χ2v) is 4.75. The van der Waals surface area contributed by atoms with Gasteiger partial charge in [0.1, 0.15) is 6.61 Å². The number of esters is 1. The summed E-state index contributed by atoms with van der Waals surface area (Å²) in [4.78, 5) is 11.0. The van der Waals surface area contributed by atoms with E-state index < -0.39 is 0 Å². The molecule has 1 heterocycles. The van der Waals surface area contributed by atoms with E-state index >= 15 is 0 Å². The zero-order valence-corrected chi connectivity index (χ0v) is 13.4. The van der Waals surface area contributed by atoms with Gasteiger partial charge in [-0.15, -0.1) is 0 Å². The highest BCUT2D eigenvalue weighted by Crippen LogP contribution is 2.13. The molecule has 1 aliphatic heterocycles. The summed E-state index contributed by atoms with van der Waals surface area (Å²) in [6, 6.07) is 0. The molecule has 1 saturated heterocycles. The fourth-order valence-corrected chi connectivity index (χ4v) is 1.88. The zero-order chi connectivity index (χ0) is 15.9. The molecule has 1 aliphatic rings. The molecule has 7 nitrogen and oxygen atoms in total. The van der Waals surface area contributed by atoms with Gasteiger partial charge in [0.15, 0.2) is 6.29 Å². The molecule has 0 aliphatic carbocycles. The lowest BCUT2D eigenvalue weighted by atomic mass is 10.2. The van der Waals surface area contributed by atoms with Crippen LogP contribution < -0.4 is 0 Å². The quantitative estimate of drug-likeness (QED) is 0.372. The molecule has 1 atom stereocenters. The van der Waals surface area contributed by atoms with Crippen LogP contribution in [0.4, 0.5) is 0 Å². The predicted octanol–water partition coefficient (Wildman–Crippen LogP) is 1.14. The van der Waals surface area contributed by atoms with E-state index in [4.69, 9.17) is 28.4 Å². The average Bonchev–Trinajstić information content (AvgIpc) is 2.54. The van der Waals surface area contributed by atoms with Gasteiger partial charge in [0.2, 0.25) is 0 Å². The maximum absolute atomic E-state index is 11.0. The van der Waals surface area contributed by atoms with E-state index in [1.807, 2.05) is 0 Å². The molecule has 1 unspecified atom stereocenters. The third-order valence-corrected chi connectivity index (χ3v) is 2.94. The van der Waals surface area contributed by atoms with Crippen molar-refractivity contribution in [1.29, 1.82) is 0 Å². The van der Waals surface area contributed by atoms with Gasteiger partial charge in [-0.3, -0.25) is 0 Å². The summed E-state index contributed by atoms with van der Waals surface area (Å²) in [5, 5.41) is 0. The largest absolute Gasteiger partial charge is 0.464 e. The van der Waals surface area contributed by atoms with Crippen molar-refractivity contribution in [2.45, 2.75) is 32.5 Å². The molecule has 130 valence electrons. The van der Waals surface area contributed by atoms with E-state index in [9.17, 15) is 4.79 Å². The first-order valence-corrected chi connectivity index (χ1v) is 7.95. The molecule has 0 radical (unpaired) electrons. The van der Waals surface area contributed by atoms with Gasteiger partial charge in [-0.2, -0.15) is 0 Å². The molecule has 0 bridgehead atoms. The Kier molecular flexibility index (Phi) is 12.2. The van der Waals surface area contributed by atoms with E-state index in [-0.39, 0.29) is 18.9 Å². The molecule has 0 aromatic heterocycles. The first-order chi connectivity index (χ1) is 10.8. The summed E-state index contributed by atoms with van der Waals surface area (Å²) in [5.74, 6) is -0.354. The van der Waals surface area contributed by atoms with Crippen LogP contribution in [0.25, 0.3) is 0 Å². The molecule has 0 saturated carbocycles. The maximum atomic E-state index is 11.0. The molecule has 0 aromatic rings. The Balaban J connectivity index is 1.73. The van der Waals surface area contributed by atoms with Crippen LogP contribution in [0.2, 0.25) is 0 Å². The fourth-order valence-electron chi connectivity index (χ4n) is 1.88. The van der Waals surface area contributed by atoms with E-state index in [0.717, 1.165) is 25.9 Å². The normalized spacial score (nSPS) is 18.3. The van der Waals surface area contributed by atoms with Crippen LogP contribution >= 0.6 is 0 Å². The van der Waals surface area contributed by atoms with Crippen molar-refractivity contribution in [2.75, 3.05) is 59.5 Å². The Labute approximate surface area is 132 Å². The van der Waals surface area contributed by atoms with Crippen LogP contribution in [-0.4, -0.2) is 71.7 Å². The molecule has 1 fully saturated rings. The monoisotopic (exact) mass is 320 g/mol. The van der Waals surface area contributed by atoms with Gasteiger partial charge < -0.3 is 28.4 Å². The zero-order valence-electron chi connectivity index (χ0n) is 13.4. The highest BCUT2D eigenvalue weighted by molar-refractivity contribution is 5.70. The molecule has 7 heteroatoms. The maximum Gasteiger partial charge on any atom is 0.332 e. The molecular formula is C15H28O7. The lowest BCUT2D eigenvalue weighted by Crippen LogP contribution is -2.24. The van der Waals surface area contributed by atoms with Gasteiger partial charge in [-0.1, -0.05) is 0 Å². The minimum absolute atomic E-state index is 0.0335. The summed E-state index contributed by atoms with van der Waals surface area (Å²) >= 11 is 0. The molecular weight excluding hydrogens is 292 g/mol. The van der Waals surface area contributed by atoms with Gasteiger partial charge in [-0.25, -0.2) is 4.79 Å². The Morgan fingerprint density at radius 3 is 2.32 bits per heavy atom. The Morgan fingerprint density at radius 2 is 1.68 bits per heavy atom. The number of ether oxygens (including phenoxy) is 6. The Morgan fingerprint density at radius 1 is 1.00 bits per heavy atom. The van der Waals surface area contributed by atoms with Crippen LogP contribution in [0.15, 0.2) is 0 Å². The van der Waals surface area contributed by atoms with Gasteiger partial charge in [0.25, 0.3) is 0 Å². The van der Waals surface area contributed by atoms with Crippen LogP contribution in [0.1, 0.15) is 26.2 Å². The van der Waals surface area contributed by atoms with E-state index in [0.29, 0.717) is 46.2 Å². The first-order valence-electron chi connectivity index (χ1n) is 7.95. The second-order valence-electron chi connectivity index (χ2n) is 4.75. The van der Waals surface area contributed by atoms with Crippen molar-refractivity contribution in [1.82, 2.24) is 0 Å². The summed E-state index contributed by atoms with van der Waals surface area (Å²) in [7, 11) is 0. The van der Waals surface area contributed by atoms with Gasteiger partial charge in [0.05, 0.1) is 46.2 Å². The Bertz CT molecular complexity index is 267. The third-order valence-electron chi connectivity index (χ3n) is 2.94. The number of hydrogen-bond acceptors (Lipinski definition) is 7. The van der Waals surface area contributed by atoms with Crippen LogP contribution in [0.5, 0.6) is 0 Å². The predicted molar refractivity (Wildman–Crippen MR) is 78.6 cm³/mol. The second kappa shape index (κ2) is 13.9. The smallest absolute Gasteiger partial charge is 0.332 e. The fraction of sp³-hybridized carbons (Fsp3) is 0.933. The third kappa shape index (κ3) is 10.9. The highest BCUT2D eigenvalue weighted by atomic mass is 16.7. The van der Waals surface area contributed by atoms with Gasteiger partial charge >= 0.3 is 5.97 Å². The first kappa shape index (κ1) is 19.3. The van der Waals surface area contributed by atoms with Crippen LogP contribution in [0.3, 0.4) is 0 Å². The number of hydrogen-bond donors (Lipinski definition) is 0. The average molecular weight is 320 g/mol. The van der Waals surface area contributed by atoms with E-state index in [2.05, 4.69) is 0 Å². The van der Waals surface area contributed by atoms with Crippen LogP contribution in [-0.2, 0) is 33.2 Å². The Hall–Kier alpha value is -0.730. The standard InChI is InChI=1S/C15H28O7/c1-2-20-14(16)13-19-10-9-17-7-8-18-11-12-22-15-5-3-4-6-21-15/h15H,2-13H2,1H3. The molecule has 0 aromatic carbocycles. The molecule has 0 spiro atoms. The summed E-state index contributed by atoms with van der Waals surface area (Å²) in [6.07, 6.45) is 3.19. The van der Waals surface area contributed by atoms with Crippen molar-refractivity contribution in [3.05, 3.63) is 0 Å². The minimum Gasteiger partial charge on any atom is -0.464 e. The van der Waals surface area contributed by atoms with Crippen LogP contribution in [0, 0.1) is 0 Å². The van der Waals surface area contributed by atoms with Crippen molar-refractivity contribution in [3.63, 3.8) is 0 Å². The summed E-state index contributed by atoms with van der Waals surface area (Å²) in [5.41, 5.74) is 0. The lowest BCUT2D eigenvalue weighted by Gasteiger charge is -2.22. The number of carbonyl (C=O) groups excluding carboxylic acids is 1. The van der Waals surface area contributed by atoms with Crippen molar-refractivity contribution in [3.8, 4) is 0 Å². The van der Waals surface area contributed by atoms with E-state index in [1.54, 1.807) is 6.92 Å². The van der Waals surface area contributed by atoms with Crippen molar-refractivity contribution >= 4 is 5.97 Å². The molecule has 22 heavy (non-hydrogen) atoms. The number of rotatable bonds is 13. The van der Waals surface area contributed by atoms with Gasteiger partial charge in [0, 0.05) is 6.61 Å². The minimum atomic E-state index is -0.354. The summed E-state index contributed by atoms with van der Waals surface area (Å²) < 4.78 is 31.5. The highest BCUT2D eigenvalue weighted by Gasteiger charge is 2.13. The van der Waals surface area contributed by atoms with Gasteiger partial charge in [-0.05, 0) is 26.2 Å². The summed E-state index contributed by atoms with van der Waals surface area (Å²) in [6.45, 7) is 5.73. The number of carbonyl (C=O) groups is 1. The SMILES string of the molecule is CCOC(=O)COCCOCCOCCOC1CCCCO1.